The minimum atomic E-state index is -1.13. The molecule has 0 atom stereocenters. The van der Waals surface area contributed by atoms with Crippen molar-refractivity contribution >= 4 is 18.0 Å². The van der Waals surface area contributed by atoms with E-state index in [1.54, 1.807) is 30.3 Å². The Hall–Kier alpha value is -5.30. The molecule has 5 rings (SSSR count). The topological polar surface area (TPSA) is 73.2 Å². The zero-order valence-corrected chi connectivity index (χ0v) is 21.7. The van der Waals surface area contributed by atoms with Crippen molar-refractivity contribution in [1.82, 2.24) is 14.9 Å². The maximum Gasteiger partial charge on any atom is 0.354 e. The summed E-state index contributed by atoms with van der Waals surface area (Å²) in [7, 11) is 1.20. The third kappa shape index (κ3) is 5.05. The van der Waals surface area contributed by atoms with Gasteiger partial charge in [-0.15, -0.1) is 0 Å². The number of halogens is 1. The molecule has 0 unspecified atom stereocenters. The van der Waals surface area contributed by atoms with E-state index >= 15 is 4.39 Å². The summed E-state index contributed by atoms with van der Waals surface area (Å²) in [5.74, 6) is -1.30. The van der Waals surface area contributed by atoms with E-state index in [0.717, 1.165) is 16.7 Å². The van der Waals surface area contributed by atoms with Crippen LogP contribution in [0.4, 0.5) is 4.39 Å². The van der Waals surface area contributed by atoms with Crippen LogP contribution >= 0.6 is 0 Å². The van der Waals surface area contributed by atoms with Gasteiger partial charge < -0.3 is 10.1 Å². The van der Waals surface area contributed by atoms with E-state index < -0.39 is 23.5 Å². The van der Waals surface area contributed by atoms with Gasteiger partial charge in [-0.2, -0.15) is 4.39 Å². The van der Waals surface area contributed by atoms with Gasteiger partial charge >= 0.3 is 5.97 Å². The molecule has 6 nitrogen and oxygen atoms in total. The number of methoxy groups -OCH3 is 1. The van der Waals surface area contributed by atoms with Crippen molar-refractivity contribution in [1.29, 1.82) is 0 Å². The van der Waals surface area contributed by atoms with Gasteiger partial charge in [-0.1, -0.05) is 109 Å². The number of esters is 1. The number of ether oxygens (including phenoxy) is 1. The fourth-order valence-corrected chi connectivity index (χ4v) is 4.82. The quantitative estimate of drug-likeness (QED) is 0.156. The highest BCUT2D eigenvalue weighted by Crippen LogP contribution is 2.41. The molecule has 0 aliphatic heterocycles. The third-order valence-electron chi connectivity index (χ3n) is 6.60. The molecule has 4 aromatic carbocycles. The Morgan fingerprint density at radius 3 is 1.68 bits per heavy atom. The molecular weight excluding hydrogens is 505 g/mol. The minimum Gasteiger partial charge on any atom is -0.464 e. The molecule has 0 aliphatic carbocycles. The molecule has 1 heterocycles. The van der Waals surface area contributed by atoms with Gasteiger partial charge in [0, 0.05) is 11.8 Å². The summed E-state index contributed by atoms with van der Waals surface area (Å²) < 4.78 is 22.4. The van der Waals surface area contributed by atoms with Crippen LogP contribution in [0.3, 0.4) is 0 Å². The van der Waals surface area contributed by atoms with Gasteiger partial charge in [0.2, 0.25) is 0 Å². The Morgan fingerprint density at radius 2 is 1.23 bits per heavy atom. The number of carbonyl (C=O) groups excluding carboxylic acids is 2. The molecule has 198 valence electrons. The predicted molar refractivity (Wildman–Crippen MR) is 151 cm³/mol. The van der Waals surface area contributed by atoms with Crippen molar-refractivity contribution in [2.45, 2.75) is 5.54 Å². The summed E-state index contributed by atoms with van der Waals surface area (Å²) in [6, 6.07) is 37.2. The van der Waals surface area contributed by atoms with Crippen molar-refractivity contribution < 1.29 is 18.7 Å². The van der Waals surface area contributed by atoms with E-state index in [4.69, 9.17) is 4.74 Å². The van der Waals surface area contributed by atoms with E-state index in [1.807, 2.05) is 91.0 Å². The summed E-state index contributed by atoms with van der Waals surface area (Å²) >= 11 is 0. The summed E-state index contributed by atoms with van der Waals surface area (Å²) in [4.78, 5) is 29.5. The molecule has 1 amide bonds. The van der Waals surface area contributed by atoms with E-state index in [1.165, 1.54) is 23.9 Å². The molecule has 1 N–H and O–H groups in total. The Morgan fingerprint density at radius 1 is 0.775 bits per heavy atom. The number of nitrogens with one attached hydrogen (secondary N) is 1. The maximum absolute atomic E-state index is 16.0. The molecule has 1 aromatic heterocycles. The van der Waals surface area contributed by atoms with Crippen molar-refractivity contribution in [3.63, 3.8) is 0 Å². The van der Waals surface area contributed by atoms with Gasteiger partial charge in [0.1, 0.15) is 11.2 Å². The number of hydrogen-bond donors (Lipinski definition) is 1. The number of nitrogens with zero attached hydrogens (tertiary/aromatic N) is 2. The van der Waals surface area contributed by atoms with Crippen molar-refractivity contribution in [3.05, 3.63) is 167 Å². The van der Waals surface area contributed by atoms with E-state index in [2.05, 4.69) is 10.3 Å². The van der Waals surface area contributed by atoms with Crippen LogP contribution < -0.4 is 5.32 Å². The Balaban J connectivity index is 1.69. The lowest BCUT2D eigenvalue weighted by Gasteiger charge is -2.37. The zero-order valence-electron chi connectivity index (χ0n) is 21.7. The first-order valence-corrected chi connectivity index (χ1v) is 12.6. The second-order valence-electron chi connectivity index (χ2n) is 8.98. The maximum atomic E-state index is 16.0. The highest BCUT2D eigenvalue weighted by Gasteiger charge is 2.40. The molecule has 0 saturated heterocycles. The Labute approximate surface area is 231 Å². The fourth-order valence-electron chi connectivity index (χ4n) is 4.82. The first-order valence-electron chi connectivity index (χ1n) is 12.6. The predicted octanol–water partition coefficient (Wildman–Crippen LogP) is 5.81. The normalized spacial score (nSPS) is 11.6. The van der Waals surface area contributed by atoms with E-state index in [0.29, 0.717) is 5.56 Å². The van der Waals surface area contributed by atoms with E-state index in [-0.39, 0.29) is 11.4 Å². The number of rotatable bonds is 8. The Bertz CT molecular complexity index is 1540. The molecule has 0 bridgehead atoms. The van der Waals surface area contributed by atoms with Gasteiger partial charge in [-0.25, -0.2) is 9.78 Å². The van der Waals surface area contributed by atoms with Gasteiger partial charge in [-0.3, -0.25) is 9.36 Å². The lowest BCUT2D eigenvalue weighted by atomic mass is 9.76. The van der Waals surface area contributed by atoms with E-state index in [9.17, 15) is 9.59 Å². The van der Waals surface area contributed by atoms with Crippen LogP contribution in [0.5, 0.6) is 0 Å². The van der Waals surface area contributed by atoms with Crippen molar-refractivity contribution in [3.8, 4) is 0 Å². The fraction of sp³-hybridized carbons (Fsp3) is 0.0606. The Kier molecular flexibility index (Phi) is 7.64. The summed E-state index contributed by atoms with van der Waals surface area (Å²) in [5.41, 5.74) is 1.60. The number of amides is 1. The smallest absolute Gasteiger partial charge is 0.354 e. The summed E-state index contributed by atoms with van der Waals surface area (Å²) in [6.07, 6.45) is 2.05. The number of aromatic nitrogens is 2. The SMILES string of the molecule is COC(=O)/C(=C\c1cn(C(c2ccccc2)(c2ccccc2)c2ccccc2)c(F)n1)NC(=O)c1ccccc1. The van der Waals surface area contributed by atoms with Crippen LogP contribution in [0.15, 0.2) is 133 Å². The molecule has 40 heavy (non-hydrogen) atoms. The molecule has 0 fully saturated rings. The average molecular weight is 532 g/mol. The number of carbonyl (C=O) groups is 2. The number of imidazole rings is 1. The van der Waals surface area contributed by atoms with Crippen molar-refractivity contribution in [2.24, 2.45) is 0 Å². The monoisotopic (exact) mass is 531 g/mol. The van der Waals surface area contributed by atoms with Gasteiger partial charge in [0.15, 0.2) is 0 Å². The second kappa shape index (κ2) is 11.6. The molecule has 0 aliphatic rings. The highest BCUT2D eigenvalue weighted by molar-refractivity contribution is 6.03. The standard InChI is InChI=1S/C33H26FN3O3/c1-40-31(39)29(36-30(38)24-14-6-2-7-15-24)22-28-23-37(32(34)35-28)33(25-16-8-3-9-17-25,26-18-10-4-11-19-26)27-20-12-5-13-21-27/h2-23H,1H3,(H,36,38)/b29-22+. The zero-order chi connectivity index (χ0) is 28.0. The second-order valence-corrected chi connectivity index (χ2v) is 8.98. The summed E-state index contributed by atoms with van der Waals surface area (Å²) in [6.45, 7) is 0. The van der Waals surface area contributed by atoms with Crippen LogP contribution in [0.2, 0.25) is 0 Å². The van der Waals surface area contributed by atoms with Gasteiger partial charge in [0.05, 0.1) is 12.8 Å². The van der Waals surface area contributed by atoms with Crippen LogP contribution in [-0.2, 0) is 15.1 Å². The largest absolute Gasteiger partial charge is 0.464 e. The third-order valence-corrected chi connectivity index (χ3v) is 6.60. The summed E-state index contributed by atoms with van der Waals surface area (Å²) in [5, 5.41) is 2.57. The van der Waals surface area contributed by atoms with Crippen LogP contribution in [0.25, 0.3) is 6.08 Å². The van der Waals surface area contributed by atoms with Crippen LogP contribution in [0, 0.1) is 6.08 Å². The highest BCUT2D eigenvalue weighted by atomic mass is 19.1. The van der Waals surface area contributed by atoms with Gasteiger partial charge in [-0.05, 0) is 34.9 Å². The first-order chi connectivity index (χ1) is 19.5. The average Bonchev–Trinajstić information content (AvgIpc) is 3.38. The van der Waals surface area contributed by atoms with Crippen molar-refractivity contribution in [2.75, 3.05) is 7.11 Å². The number of hydrogen-bond acceptors (Lipinski definition) is 4. The lowest BCUT2D eigenvalue weighted by molar-refractivity contribution is -0.136. The van der Waals surface area contributed by atoms with Gasteiger partial charge in [0.25, 0.3) is 12.0 Å². The lowest BCUT2D eigenvalue weighted by Crippen LogP contribution is -2.38. The first kappa shape index (κ1) is 26.3. The molecule has 0 spiro atoms. The molecule has 0 radical (unpaired) electrons. The molecule has 7 heteroatoms. The molecular formula is C33H26FN3O3. The molecule has 5 aromatic rings. The minimum absolute atomic E-state index is 0.124. The van der Waals surface area contributed by atoms with Crippen LogP contribution in [-0.4, -0.2) is 28.5 Å². The molecule has 0 saturated carbocycles. The van der Waals surface area contributed by atoms with Crippen LogP contribution in [0.1, 0.15) is 32.7 Å². The number of benzene rings is 4.